The van der Waals surface area contributed by atoms with E-state index in [0.29, 0.717) is 15.6 Å². The lowest BCUT2D eigenvalue weighted by molar-refractivity contribution is -0.123. The standard InChI is InChI=1S/C13H16Cl2N2O2.ClH/c14-8-3-4-9(10(15)6-8)12(18)7-17-13(19)11-2-1-5-16-11;/h3-4,6,11-12,16,18H,1-2,5,7H2,(H,17,19);1H. The molecule has 0 spiro atoms. The lowest BCUT2D eigenvalue weighted by atomic mass is 10.1. The normalized spacial score (nSPS) is 19.2. The molecule has 4 nitrogen and oxygen atoms in total. The molecule has 1 aromatic rings. The van der Waals surface area contributed by atoms with Crippen molar-refractivity contribution in [1.29, 1.82) is 0 Å². The molecule has 0 radical (unpaired) electrons. The molecule has 2 atom stereocenters. The largest absolute Gasteiger partial charge is 0.387 e. The van der Waals surface area contributed by atoms with Gasteiger partial charge in [-0.15, -0.1) is 12.4 Å². The zero-order valence-electron chi connectivity index (χ0n) is 10.7. The highest BCUT2D eigenvalue weighted by Gasteiger charge is 2.22. The van der Waals surface area contributed by atoms with E-state index >= 15 is 0 Å². The molecule has 1 aliphatic rings. The van der Waals surface area contributed by atoms with Crippen LogP contribution in [-0.4, -0.2) is 30.1 Å². The average molecular weight is 340 g/mol. The van der Waals surface area contributed by atoms with E-state index in [1.165, 1.54) is 0 Å². The van der Waals surface area contributed by atoms with E-state index in [4.69, 9.17) is 23.2 Å². The van der Waals surface area contributed by atoms with Gasteiger partial charge >= 0.3 is 0 Å². The molecule has 0 aromatic heterocycles. The van der Waals surface area contributed by atoms with Gasteiger partial charge in [0.2, 0.25) is 5.91 Å². The van der Waals surface area contributed by atoms with Crippen LogP contribution in [-0.2, 0) is 4.79 Å². The summed E-state index contributed by atoms with van der Waals surface area (Å²) in [4.78, 5) is 11.8. The van der Waals surface area contributed by atoms with Crippen molar-refractivity contribution < 1.29 is 9.90 Å². The maximum absolute atomic E-state index is 11.8. The lowest BCUT2D eigenvalue weighted by Crippen LogP contribution is -2.41. The van der Waals surface area contributed by atoms with Gasteiger partial charge in [0.05, 0.1) is 12.1 Å². The number of aliphatic hydroxyl groups is 1. The number of amides is 1. The van der Waals surface area contributed by atoms with Crippen molar-refractivity contribution in [2.24, 2.45) is 0 Å². The Morgan fingerprint density at radius 1 is 1.50 bits per heavy atom. The molecular formula is C13H17Cl3N2O2. The van der Waals surface area contributed by atoms with Crippen LogP contribution in [0, 0.1) is 0 Å². The summed E-state index contributed by atoms with van der Waals surface area (Å²) in [5.41, 5.74) is 0.561. The molecule has 0 saturated carbocycles. The van der Waals surface area contributed by atoms with Crippen molar-refractivity contribution in [3.8, 4) is 0 Å². The highest BCUT2D eigenvalue weighted by Crippen LogP contribution is 2.25. The second kappa shape index (κ2) is 8.05. The Morgan fingerprint density at radius 3 is 2.85 bits per heavy atom. The molecule has 2 unspecified atom stereocenters. The van der Waals surface area contributed by atoms with Crippen LogP contribution in [0.1, 0.15) is 24.5 Å². The fourth-order valence-corrected chi connectivity index (χ4v) is 2.64. The van der Waals surface area contributed by atoms with Gasteiger partial charge in [0, 0.05) is 22.2 Å². The van der Waals surface area contributed by atoms with Crippen molar-refractivity contribution in [1.82, 2.24) is 10.6 Å². The van der Waals surface area contributed by atoms with Crippen molar-refractivity contribution in [2.75, 3.05) is 13.1 Å². The van der Waals surface area contributed by atoms with Crippen molar-refractivity contribution in [2.45, 2.75) is 25.0 Å². The second-order valence-electron chi connectivity index (χ2n) is 4.58. The number of carbonyl (C=O) groups is 1. The fraction of sp³-hybridized carbons (Fsp3) is 0.462. The molecular weight excluding hydrogens is 323 g/mol. The van der Waals surface area contributed by atoms with Gasteiger partial charge in [-0.1, -0.05) is 29.3 Å². The Balaban J connectivity index is 0.00000200. The van der Waals surface area contributed by atoms with Crippen LogP contribution in [0.4, 0.5) is 0 Å². The Hall–Kier alpha value is -0.520. The third-order valence-corrected chi connectivity index (χ3v) is 3.73. The predicted molar refractivity (Wildman–Crippen MR) is 82.7 cm³/mol. The maximum Gasteiger partial charge on any atom is 0.237 e. The van der Waals surface area contributed by atoms with Gasteiger partial charge in [-0.3, -0.25) is 4.79 Å². The number of halogens is 3. The number of benzene rings is 1. The van der Waals surface area contributed by atoms with Crippen LogP contribution >= 0.6 is 35.6 Å². The van der Waals surface area contributed by atoms with Crippen molar-refractivity contribution in [3.05, 3.63) is 33.8 Å². The first-order chi connectivity index (χ1) is 9.08. The predicted octanol–water partition coefficient (Wildman–Crippen LogP) is 2.32. The van der Waals surface area contributed by atoms with E-state index in [1.807, 2.05) is 0 Å². The zero-order valence-corrected chi connectivity index (χ0v) is 13.1. The summed E-state index contributed by atoms with van der Waals surface area (Å²) in [7, 11) is 0. The Kier molecular flexibility index (Phi) is 7.06. The summed E-state index contributed by atoms with van der Waals surface area (Å²) in [5.74, 6) is -0.0818. The van der Waals surface area contributed by atoms with Gasteiger partial charge in [0.25, 0.3) is 0 Å². The van der Waals surface area contributed by atoms with Crippen LogP contribution < -0.4 is 10.6 Å². The van der Waals surface area contributed by atoms with Crippen LogP contribution in [0.2, 0.25) is 10.0 Å². The van der Waals surface area contributed by atoms with Gasteiger partial charge in [-0.05, 0) is 31.5 Å². The Morgan fingerprint density at radius 2 is 2.25 bits per heavy atom. The lowest BCUT2D eigenvalue weighted by Gasteiger charge is -2.16. The molecule has 0 bridgehead atoms. The molecule has 112 valence electrons. The monoisotopic (exact) mass is 338 g/mol. The summed E-state index contributed by atoms with van der Waals surface area (Å²) < 4.78 is 0. The van der Waals surface area contributed by atoms with Gasteiger partial charge in [0.1, 0.15) is 0 Å². The van der Waals surface area contributed by atoms with E-state index in [-0.39, 0.29) is 30.9 Å². The molecule has 20 heavy (non-hydrogen) atoms. The number of hydrogen-bond acceptors (Lipinski definition) is 3. The molecule has 7 heteroatoms. The van der Waals surface area contributed by atoms with E-state index in [1.54, 1.807) is 18.2 Å². The number of hydrogen-bond donors (Lipinski definition) is 3. The fourth-order valence-electron chi connectivity index (χ4n) is 2.11. The van der Waals surface area contributed by atoms with Gasteiger partial charge < -0.3 is 15.7 Å². The van der Waals surface area contributed by atoms with Gasteiger partial charge in [0.15, 0.2) is 0 Å². The second-order valence-corrected chi connectivity index (χ2v) is 5.42. The SMILES string of the molecule is Cl.O=C(NCC(O)c1ccc(Cl)cc1Cl)C1CCCN1. The molecule has 1 fully saturated rings. The Bertz CT molecular complexity index is 465. The summed E-state index contributed by atoms with van der Waals surface area (Å²) in [6, 6.07) is 4.75. The molecule has 1 heterocycles. The molecule has 2 rings (SSSR count). The minimum absolute atomic E-state index is 0. The van der Waals surface area contributed by atoms with E-state index < -0.39 is 6.10 Å². The summed E-state index contributed by atoms with van der Waals surface area (Å²) in [6.07, 6.45) is 1.00. The third kappa shape index (κ3) is 4.50. The number of aliphatic hydroxyl groups excluding tert-OH is 1. The van der Waals surface area contributed by atoms with Crippen molar-refractivity contribution >= 4 is 41.5 Å². The third-order valence-electron chi connectivity index (χ3n) is 3.17. The quantitative estimate of drug-likeness (QED) is 0.789. The number of carbonyl (C=O) groups excluding carboxylic acids is 1. The highest BCUT2D eigenvalue weighted by molar-refractivity contribution is 6.35. The van der Waals surface area contributed by atoms with Gasteiger partial charge in [-0.25, -0.2) is 0 Å². The molecule has 3 N–H and O–H groups in total. The number of rotatable bonds is 4. The van der Waals surface area contributed by atoms with Crippen molar-refractivity contribution in [3.63, 3.8) is 0 Å². The van der Waals surface area contributed by atoms with Crippen LogP contribution in [0.25, 0.3) is 0 Å². The van der Waals surface area contributed by atoms with Gasteiger partial charge in [-0.2, -0.15) is 0 Å². The summed E-state index contributed by atoms with van der Waals surface area (Å²) >= 11 is 11.8. The van der Waals surface area contributed by atoms with Crippen LogP contribution in [0.15, 0.2) is 18.2 Å². The molecule has 1 amide bonds. The molecule has 1 aliphatic heterocycles. The summed E-state index contributed by atoms with van der Waals surface area (Å²) in [5, 5.41) is 16.8. The minimum Gasteiger partial charge on any atom is -0.387 e. The van der Waals surface area contributed by atoms with E-state index in [2.05, 4.69) is 10.6 Å². The van der Waals surface area contributed by atoms with Crippen LogP contribution in [0.3, 0.4) is 0 Å². The van der Waals surface area contributed by atoms with Crippen LogP contribution in [0.5, 0.6) is 0 Å². The maximum atomic E-state index is 11.8. The van der Waals surface area contributed by atoms with E-state index in [9.17, 15) is 9.90 Å². The minimum atomic E-state index is -0.838. The summed E-state index contributed by atoms with van der Waals surface area (Å²) in [6.45, 7) is 1.00. The first kappa shape index (κ1) is 17.5. The average Bonchev–Trinajstić information content (AvgIpc) is 2.89. The molecule has 1 saturated heterocycles. The topological polar surface area (TPSA) is 61.4 Å². The molecule has 0 aliphatic carbocycles. The first-order valence-corrected chi connectivity index (χ1v) is 6.97. The van der Waals surface area contributed by atoms with E-state index in [0.717, 1.165) is 19.4 Å². The Labute approximate surface area is 134 Å². The molecule has 1 aromatic carbocycles. The highest BCUT2D eigenvalue weighted by atomic mass is 35.5. The number of nitrogens with one attached hydrogen (secondary N) is 2. The smallest absolute Gasteiger partial charge is 0.237 e. The first-order valence-electron chi connectivity index (χ1n) is 6.22. The zero-order chi connectivity index (χ0) is 13.8.